The monoisotopic (exact) mass is 242 g/mol. The third-order valence-electron chi connectivity index (χ3n) is 2.36. The molecule has 3 nitrogen and oxygen atoms in total. The van der Waals surface area contributed by atoms with Crippen LogP contribution in [-0.4, -0.2) is 37.3 Å². The van der Waals surface area contributed by atoms with Crippen LogP contribution in [0.15, 0.2) is 16.5 Å². The maximum atomic E-state index is 6.00. The van der Waals surface area contributed by atoms with Gasteiger partial charge in [-0.1, -0.05) is 0 Å². The molecule has 2 unspecified atom stereocenters. The van der Waals surface area contributed by atoms with Crippen LogP contribution in [0.25, 0.3) is 0 Å². The zero-order chi connectivity index (χ0) is 12.1. The van der Waals surface area contributed by atoms with E-state index in [0.29, 0.717) is 0 Å². The summed E-state index contributed by atoms with van der Waals surface area (Å²) in [7, 11) is 4.16. The van der Waals surface area contributed by atoms with E-state index in [2.05, 4.69) is 19.0 Å². The molecule has 0 amide bonds. The summed E-state index contributed by atoms with van der Waals surface area (Å²) in [6.07, 6.45) is 0. The summed E-state index contributed by atoms with van der Waals surface area (Å²) >= 11 is 1.86. The predicted octanol–water partition coefficient (Wildman–Crippen LogP) is 2.27. The summed E-state index contributed by atoms with van der Waals surface area (Å²) in [6.45, 7) is 5.06. The molecule has 2 atom stereocenters. The van der Waals surface area contributed by atoms with E-state index in [1.54, 1.807) is 0 Å². The van der Waals surface area contributed by atoms with Gasteiger partial charge in [0.05, 0.1) is 5.25 Å². The maximum absolute atomic E-state index is 6.00. The van der Waals surface area contributed by atoms with Gasteiger partial charge in [0.1, 0.15) is 11.5 Å². The van der Waals surface area contributed by atoms with Crippen LogP contribution < -0.4 is 5.73 Å². The molecule has 0 aliphatic rings. The lowest BCUT2D eigenvalue weighted by Gasteiger charge is -2.19. The van der Waals surface area contributed by atoms with Crippen molar-refractivity contribution in [1.29, 1.82) is 0 Å². The Morgan fingerprint density at radius 2 is 2.12 bits per heavy atom. The van der Waals surface area contributed by atoms with Crippen molar-refractivity contribution >= 4 is 11.8 Å². The largest absolute Gasteiger partial charge is 0.465 e. The van der Waals surface area contributed by atoms with E-state index in [0.717, 1.165) is 23.8 Å². The topological polar surface area (TPSA) is 42.4 Å². The molecule has 4 heteroatoms. The zero-order valence-electron chi connectivity index (χ0n) is 10.6. The first kappa shape index (κ1) is 13.6. The second kappa shape index (κ2) is 6.33. The van der Waals surface area contributed by atoms with Gasteiger partial charge in [0.25, 0.3) is 0 Å². The maximum Gasteiger partial charge on any atom is 0.118 e. The average molecular weight is 242 g/mol. The molecule has 0 fully saturated rings. The van der Waals surface area contributed by atoms with E-state index >= 15 is 0 Å². The summed E-state index contributed by atoms with van der Waals surface area (Å²) in [4.78, 5) is 2.18. The Morgan fingerprint density at radius 3 is 2.56 bits per heavy atom. The number of rotatable bonds is 6. The summed E-state index contributed by atoms with van der Waals surface area (Å²) < 4.78 is 5.65. The molecular weight excluding hydrogens is 220 g/mol. The predicted molar refractivity (Wildman–Crippen MR) is 70.8 cm³/mol. The van der Waals surface area contributed by atoms with Gasteiger partial charge in [0, 0.05) is 18.3 Å². The first-order chi connectivity index (χ1) is 7.50. The van der Waals surface area contributed by atoms with Crippen LogP contribution in [-0.2, 0) is 0 Å². The van der Waals surface area contributed by atoms with Crippen molar-refractivity contribution in [3.63, 3.8) is 0 Å². The van der Waals surface area contributed by atoms with Gasteiger partial charge in [0.15, 0.2) is 0 Å². The van der Waals surface area contributed by atoms with Crippen LogP contribution in [0.1, 0.15) is 23.7 Å². The highest BCUT2D eigenvalue weighted by Crippen LogP contribution is 2.32. The van der Waals surface area contributed by atoms with Crippen LogP contribution >= 0.6 is 11.8 Å². The molecule has 0 aromatic carbocycles. The van der Waals surface area contributed by atoms with Gasteiger partial charge >= 0.3 is 0 Å². The van der Waals surface area contributed by atoms with E-state index in [1.807, 2.05) is 37.7 Å². The van der Waals surface area contributed by atoms with Crippen molar-refractivity contribution in [3.8, 4) is 0 Å². The number of hydrogen-bond donors (Lipinski definition) is 1. The van der Waals surface area contributed by atoms with Crippen molar-refractivity contribution in [2.75, 3.05) is 26.4 Å². The van der Waals surface area contributed by atoms with Crippen molar-refractivity contribution in [1.82, 2.24) is 4.90 Å². The lowest BCUT2D eigenvalue weighted by Crippen LogP contribution is -2.24. The second-order valence-corrected chi connectivity index (χ2v) is 5.65. The van der Waals surface area contributed by atoms with Crippen LogP contribution in [0.2, 0.25) is 0 Å². The Kier molecular flexibility index (Phi) is 5.38. The molecule has 0 spiro atoms. The van der Waals surface area contributed by atoms with E-state index < -0.39 is 0 Å². The SMILES string of the molecule is Cc1ccc(C(SCCN(C)C)C(C)N)o1. The Labute approximate surface area is 102 Å². The Balaban J connectivity index is 2.55. The van der Waals surface area contributed by atoms with Crippen LogP contribution in [0.4, 0.5) is 0 Å². The van der Waals surface area contributed by atoms with E-state index in [9.17, 15) is 0 Å². The van der Waals surface area contributed by atoms with Gasteiger partial charge in [-0.3, -0.25) is 0 Å². The number of hydrogen-bond acceptors (Lipinski definition) is 4. The molecule has 0 bridgehead atoms. The highest BCUT2D eigenvalue weighted by molar-refractivity contribution is 7.99. The number of furan rings is 1. The molecule has 1 heterocycles. The van der Waals surface area contributed by atoms with Gasteiger partial charge in [-0.25, -0.2) is 0 Å². The fourth-order valence-corrected chi connectivity index (χ4v) is 2.78. The quantitative estimate of drug-likeness (QED) is 0.831. The average Bonchev–Trinajstić information content (AvgIpc) is 2.58. The fraction of sp³-hybridized carbons (Fsp3) is 0.667. The van der Waals surface area contributed by atoms with Crippen molar-refractivity contribution in [2.45, 2.75) is 25.1 Å². The Morgan fingerprint density at radius 1 is 1.44 bits per heavy atom. The summed E-state index contributed by atoms with van der Waals surface area (Å²) in [5, 5.41) is 0.258. The van der Waals surface area contributed by atoms with Crippen LogP contribution in [0, 0.1) is 6.92 Å². The van der Waals surface area contributed by atoms with Crippen molar-refractivity contribution < 1.29 is 4.42 Å². The molecule has 1 aromatic heterocycles. The summed E-state index contributed by atoms with van der Waals surface area (Å²) in [5.41, 5.74) is 6.00. The molecule has 2 N–H and O–H groups in total. The molecule has 1 aromatic rings. The molecule has 16 heavy (non-hydrogen) atoms. The Hall–Kier alpha value is -0.450. The van der Waals surface area contributed by atoms with E-state index in [4.69, 9.17) is 10.2 Å². The van der Waals surface area contributed by atoms with Gasteiger partial charge < -0.3 is 15.1 Å². The number of aryl methyl sites for hydroxylation is 1. The normalized spacial score (nSPS) is 15.4. The summed E-state index contributed by atoms with van der Waals surface area (Å²) in [6, 6.07) is 4.14. The van der Waals surface area contributed by atoms with Crippen LogP contribution in [0.5, 0.6) is 0 Å². The van der Waals surface area contributed by atoms with Crippen molar-refractivity contribution in [3.05, 3.63) is 23.7 Å². The molecule has 0 radical (unpaired) electrons. The highest BCUT2D eigenvalue weighted by Gasteiger charge is 2.19. The number of nitrogens with zero attached hydrogens (tertiary/aromatic N) is 1. The fourth-order valence-electron chi connectivity index (χ4n) is 1.46. The first-order valence-corrected chi connectivity index (χ1v) is 6.64. The molecule has 0 aliphatic carbocycles. The van der Waals surface area contributed by atoms with E-state index in [1.165, 1.54) is 0 Å². The molecule has 0 saturated carbocycles. The lowest BCUT2D eigenvalue weighted by atomic mass is 10.2. The molecule has 92 valence electrons. The van der Waals surface area contributed by atoms with Gasteiger partial charge in [-0.2, -0.15) is 0 Å². The van der Waals surface area contributed by atoms with Crippen molar-refractivity contribution in [2.24, 2.45) is 5.73 Å². The van der Waals surface area contributed by atoms with Crippen LogP contribution in [0.3, 0.4) is 0 Å². The molecule has 1 rings (SSSR count). The van der Waals surface area contributed by atoms with Gasteiger partial charge in [-0.05, 0) is 40.1 Å². The van der Waals surface area contributed by atoms with Gasteiger partial charge in [0.2, 0.25) is 0 Å². The molecule has 0 saturated heterocycles. The smallest absolute Gasteiger partial charge is 0.118 e. The highest BCUT2D eigenvalue weighted by atomic mass is 32.2. The molecule has 0 aliphatic heterocycles. The zero-order valence-corrected chi connectivity index (χ0v) is 11.4. The molecular formula is C12H22N2OS. The lowest BCUT2D eigenvalue weighted by molar-refractivity contribution is 0.435. The number of nitrogens with two attached hydrogens (primary N) is 1. The third kappa shape index (κ3) is 4.20. The van der Waals surface area contributed by atoms with E-state index in [-0.39, 0.29) is 11.3 Å². The minimum absolute atomic E-state index is 0.109. The summed E-state index contributed by atoms with van der Waals surface area (Å²) in [5.74, 6) is 3.02. The standard InChI is InChI=1S/C12H22N2OS/c1-9-5-6-11(15-9)12(10(2)13)16-8-7-14(3)4/h5-6,10,12H,7-8,13H2,1-4H3. The minimum atomic E-state index is 0.109. The Bertz CT molecular complexity index is 310. The first-order valence-electron chi connectivity index (χ1n) is 5.59. The second-order valence-electron chi connectivity index (χ2n) is 4.40. The minimum Gasteiger partial charge on any atom is -0.465 e. The van der Waals surface area contributed by atoms with Gasteiger partial charge in [-0.15, -0.1) is 11.8 Å². The number of thioether (sulfide) groups is 1. The third-order valence-corrected chi connectivity index (χ3v) is 3.79.